The Balaban J connectivity index is 1.91. The van der Waals surface area contributed by atoms with Crippen LogP contribution in [-0.2, 0) is 0 Å². The average Bonchev–Trinajstić information content (AvgIpc) is 2.79. The van der Waals surface area contributed by atoms with Crippen LogP contribution in [0.4, 0.5) is 0 Å². The molecule has 1 N–H and O–H groups in total. The molecular weight excluding hydrogens is 210 g/mol. The van der Waals surface area contributed by atoms with E-state index in [-0.39, 0.29) is 0 Å². The van der Waals surface area contributed by atoms with Gasteiger partial charge in [-0.05, 0) is 46.7 Å². The molecule has 0 aromatic rings. The largest absolute Gasteiger partial charge is 0.318 e. The van der Waals surface area contributed by atoms with Crippen molar-refractivity contribution in [2.24, 2.45) is 0 Å². The van der Waals surface area contributed by atoms with E-state index in [9.17, 15) is 0 Å². The van der Waals surface area contributed by atoms with Crippen molar-refractivity contribution in [3.63, 3.8) is 0 Å². The van der Waals surface area contributed by atoms with Crippen molar-refractivity contribution >= 4 is 0 Å². The van der Waals surface area contributed by atoms with Gasteiger partial charge in [-0.25, -0.2) is 0 Å². The van der Waals surface area contributed by atoms with E-state index in [1.54, 1.807) is 0 Å². The molecule has 100 valence electrons. The minimum absolute atomic E-state index is 0.715. The smallest absolute Gasteiger partial charge is 0.0238 e. The highest BCUT2D eigenvalue weighted by Gasteiger charge is 2.33. The molecule has 2 saturated heterocycles. The van der Waals surface area contributed by atoms with Crippen LogP contribution in [0.15, 0.2) is 0 Å². The minimum atomic E-state index is 0.715. The van der Waals surface area contributed by atoms with Gasteiger partial charge in [0.1, 0.15) is 0 Å². The molecule has 2 aliphatic rings. The number of likely N-dealkylation sites (tertiary alicyclic amines) is 2. The number of piperidine rings is 1. The third-order valence-corrected chi connectivity index (χ3v) is 4.51. The Morgan fingerprint density at radius 1 is 1.18 bits per heavy atom. The minimum Gasteiger partial charge on any atom is -0.318 e. The van der Waals surface area contributed by atoms with Crippen LogP contribution in [0.2, 0.25) is 0 Å². The van der Waals surface area contributed by atoms with E-state index in [0.717, 1.165) is 18.6 Å². The lowest BCUT2D eigenvalue weighted by atomic mass is 9.99. The molecule has 2 rings (SSSR count). The highest BCUT2D eigenvalue weighted by molar-refractivity contribution is 4.90. The quantitative estimate of drug-likeness (QED) is 0.803. The molecule has 2 heterocycles. The van der Waals surface area contributed by atoms with E-state index >= 15 is 0 Å². The van der Waals surface area contributed by atoms with Gasteiger partial charge in [-0.2, -0.15) is 0 Å². The van der Waals surface area contributed by atoms with E-state index in [1.165, 1.54) is 45.3 Å². The first-order chi connectivity index (χ1) is 8.22. The Bertz CT molecular complexity index is 228. The zero-order chi connectivity index (χ0) is 12.3. The van der Waals surface area contributed by atoms with Gasteiger partial charge in [0.15, 0.2) is 0 Å². The highest BCUT2D eigenvalue weighted by atomic mass is 15.3. The van der Waals surface area contributed by atoms with Crippen LogP contribution in [-0.4, -0.2) is 61.2 Å². The van der Waals surface area contributed by atoms with Crippen molar-refractivity contribution in [2.45, 2.75) is 57.7 Å². The Hall–Kier alpha value is -0.120. The molecule has 2 fully saturated rings. The second-order valence-electron chi connectivity index (χ2n) is 5.98. The van der Waals surface area contributed by atoms with Gasteiger partial charge in [0.25, 0.3) is 0 Å². The van der Waals surface area contributed by atoms with Crippen LogP contribution >= 0.6 is 0 Å². The summed E-state index contributed by atoms with van der Waals surface area (Å²) in [6, 6.07) is 2.31. The predicted molar refractivity (Wildman–Crippen MR) is 73.4 cm³/mol. The molecule has 0 spiro atoms. The molecule has 0 aromatic heterocycles. The molecule has 2 aliphatic heterocycles. The highest BCUT2D eigenvalue weighted by Crippen LogP contribution is 2.25. The summed E-state index contributed by atoms with van der Waals surface area (Å²) in [5.74, 6) is 0. The fourth-order valence-electron chi connectivity index (χ4n) is 3.47. The number of likely N-dealkylation sites (N-methyl/N-ethyl adjacent to an activating group) is 1. The van der Waals surface area contributed by atoms with Gasteiger partial charge in [0.2, 0.25) is 0 Å². The number of rotatable bonds is 4. The first-order valence-electron chi connectivity index (χ1n) is 7.36. The molecule has 0 saturated carbocycles. The van der Waals surface area contributed by atoms with E-state index in [0.29, 0.717) is 6.04 Å². The Morgan fingerprint density at radius 3 is 2.65 bits per heavy atom. The second-order valence-corrected chi connectivity index (χ2v) is 5.98. The van der Waals surface area contributed by atoms with Gasteiger partial charge < -0.3 is 5.32 Å². The fraction of sp³-hybridized carbons (Fsp3) is 1.00. The van der Waals surface area contributed by atoms with Gasteiger partial charge in [-0.15, -0.1) is 0 Å². The first-order valence-corrected chi connectivity index (χ1v) is 7.36. The van der Waals surface area contributed by atoms with Crippen molar-refractivity contribution < 1.29 is 0 Å². The SMILES string of the molecule is CNCC1CCCCN1C1CCN(C(C)C)C1. The normalized spacial score (nSPS) is 32.5. The summed E-state index contributed by atoms with van der Waals surface area (Å²) >= 11 is 0. The zero-order valence-corrected chi connectivity index (χ0v) is 11.8. The standard InChI is InChI=1S/C14H29N3/c1-12(2)16-9-7-14(11-16)17-8-5-4-6-13(17)10-15-3/h12-15H,4-11H2,1-3H3. The van der Waals surface area contributed by atoms with Gasteiger partial charge in [0.05, 0.1) is 0 Å². The lowest BCUT2D eigenvalue weighted by Gasteiger charge is -2.40. The van der Waals surface area contributed by atoms with Crippen LogP contribution in [0.5, 0.6) is 0 Å². The molecule has 0 bridgehead atoms. The van der Waals surface area contributed by atoms with Crippen LogP contribution in [0.1, 0.15) is 39.5 Å². The number of nitrogens with one attached hydrogen (secondary N) is 1. The molecule has 0 amide bonds. The maximum atomic E-state index is 3.37. The van der Waals surface area contributed by atoms with E-state index < -0.39 is 0 Å². The van der Waals surface area contributed by atoms with E-state index in [4.69, 9.17) is 0 Å². The molecule has 2 unspecified atom stereocenters. The van der Waals surface area contributed by atoms with Gasteiger partial charge in [-0.1, -0.05) is 6.42 Å². The summed E-state index contributed by atoms with van der Waals surface area (Å²) in [7, 11) is 2.09. The molecule has 0 aromatic carbocycles. The summed E-state index contributed by atoms with van der Waals surface area (Å²) in [6.45, 7) is 9.72. The van der Waals surface area contributed by atoms with Crippen molar-refractivity contribution in [3.05, 3.63) is 0 Å². The van der Waals surface area contributed by atoms with E-state index in [1.807, 2.05) is 0 Å². The summed E-state index contributed by atoms with van der Waals surface area (Å²) in [4.78, 5) is 5.43. The van der Waals surface area contributed by atoms with Crippen LogP contribution in [0.25, 0.3) is 0 Å². The number of hydrogen-bond donors (Lipinski definition) is 1. The summed E-state index contributed by atoms with van der Waals surface area (Å²) in [6.07, 6.45) is 5.58. The van der Waals surface area contributed by atoms with Crippen molar-refractivity contribution in [3.8, 4) is 0 Å². The zero-order valence-electron chi connectivity index (χ0n) is 11.8. The van der Waals surface area contributed by atoms with Gasteiger partial charge >= 0.3 is 0 Å². The fourth-order valence-corrected chi connectivity index (χ4v) is 3.47. The lowest BCUT2D eigenvalue weighted by Crippen LogP contribution is -2.51. The molecule has 2 atom stereocenters. The van der Waals surface area contributed by atoms with Crippen molar-refractivity contribution in [1.29, 1.82) is 0 Å². The molecule has 0 aliphatic carbocycles. The molecule has 3 heteroatoms. The molecular formula is C14H29N3. The Labute approximate surface area is 107 Å². The Morgan fingerprint density at radius 2 is 2.00 bits per heavy atom. The summed E-state index contributed by atoms with van der Waals surface area (Å²) in [5.41, 5.74) is 0. The number of nitrogens with zero attached hydrogens (tertiary/aromatic N) is 2. The monoisotopic (exact) mass is 239 g/mol. The van der Waals surface area contributed by atoms with Gasteiger partial charge in [-0.3, -0.25) is 9.80 Å². The van der Waals surface area contributed by atoms with Crippen LogP contribution in [0, 0.1) is 0 Å². The lowest BCUT2D eigenvalue weighted by molar-refractivity contribution is 0.0945. The molecule has 3 nitrogen and oxygen atoms in total. The second kappa shape index (κ2) is 6.17. The van der Waals surface area contributed by atoms with Crippen LogP contribution < -0.4 is 5.32 Å². The number of hydrogen-bond acceptors (Lipinski definition) is 3. The topological polar surface area (TPSA) is 18.5 Å². The van der Waals surface area contributed by atoms with Crippen molar-refractivity contribution in [1.82, 2.24) is 15.1 Å². The third kappa shape index (κ3) is 3.21. The molecule has 0 radical (unpaired) electrons. The molecule has 17 heavy (non-hydrogen) atoms. The first kappa shape index (κ1) is 13.3. The van der Waals surface area contributed by atoms with Crippen molar-refractivity contribution in [2.75, 3.05) is 33.2 Å². The van der Waals surface area contributed by atoms with Crippen LogP contribution in [0.3, 0.4) is 0 Å². The summed E-state index contributed by atoms with van der Waals surface area (Å²) in [5, 5.41) is 3.37. The average molecular weight is 239 g/mol. The maximum absolute atomic E-state index is 3.37. The van der Waals surface area contributed by atoms with Gasteiger partial charge in [0, 0.05) is 37.8 Å². The summed E-state index contributed by atoms with van der Waals surface area (Å²) < 4.78 is 0. The third-order valence-electron chi connectivity index (χ3n) is 4.51. The predicted octanol–water partition coefficient (Wildman–Crippen LogP) is 1.54. The maximum Gasteiger partial charge on any atom is 0.0238 e. The Kier molecular flexibility index (Phi) is 4.83. The van der Waals surface area contributed by atoms with E-state index in [2.05, 4.69) is 36.0 Å².